The summed E-state index contributed by atoms with van der Waals surface area (Å²) >= 11 is 0. The molecule has 1 aromatic carbocycles. The second-order valence-electron chi connectivity index (χ2n) is 5.20. The van der Waals surface area contributed by atoms with Gasteiger partial charge in [0.05, 0.1) is 11.5 Å². The zero-order valence-corrected chi connectivity index (χ0v) is 12.1. The van der Waals surface area contributed by atoms with Crippen LogP contribution in [0.5, 0.6) is 0 Å². The van der Waals surface area contributed by atoms with Crippen LogP contribution in [0.4, 0.5) is 0 Å². The second kappa shape index (κ2) is 5.34. The zero-order chi connectivity index (χ0) is 14.9. The van der Waals surface area contributed by atoms with Gasteiger partial charge in [0.1, 0.15) is 5.60 Å². The number of hydrogen-bond donors (Lipinski definition) is 2. The summed E-state index contributed by atoms with van der Waals surface area (Å²) in [4.78, 5) is 4.17. The molecule has 2 aromatic rings. The fraction of sp³-hybridized carbons (Fsp3) is 0.357. The average Bonchev–Trinajstić information content (AvgIpc) is 2.92. The number of rotatable bonds is 4. The lowest BCUT2D eigenvalue weighted by atomic mass is 10.1. The molecule has 0 bridgehead atoms. The van der Waals surface area contributed by atoms with Crippen molar-refractivity contribution in [3.8, 4) is 0 Å². The minimum absolute atomic E-state index is 0.0587. The fourth-order valence-corrected chi connectivity index (χ4v) is 3.72. The van der Waals surface area contributed by atoms with E-state index in [0.29, 0.717) is 18.4 Å². The molecule has 2 N–H and O–H groups in total. The fourth-order valence-electron chi connectivity index (χ4n) is 2.37. The van der Waals surface area contributed by atoms with E-state index in [0.717, 1.165) is 5.39 Å². The highest BCUT2D eigenvalue weighted by atomic mass is 32.2. The van der Waals surface area contributed by atoms with Crippen molar-refractivity contribution in [3.63, 3.8) is 0 Å². The Kier molecular flexibility index (Phi) is 3.66. The Bertz CT molecular complexity index is 749. The number of sulfonamides is 1. The molecule has 1 fully saturated rings. The van der Waals surface area contributed by atoms with Gasteiger partial charge in [0.2, 0.25) is 10.0 Å². The first-order valence-corrected chi connectivity index (χ1v) is 8.11. The minimum atomic E-state index is -3.71. The van der Waals surface area contributed by atoms with Crippen LogP contribution in [0.1, 0.15) is 6.42 Å². The van der Waals surface area contributed by atoms with Crippen LogP contribution < -0.4 is 4.72 Å². The van der Waals surface area contributed by atoms with Gasteiger partial charge >= 0.3 is 0 Å². The smallest absolute Gasteiger partial charge is 0.241 e. The summed E-state index contributed by atoms with van der Waals surface area (Å²) < 4.78 is 32.5. The van der Waals surface area contributed by atoms with Crippen molar-refractivity contribution >= 4 is 20.8 Å². The van der Waals surface area contributed by atoms with Crippen molar-refractivity contribution in [1.82, 2.24) is 9.71 Å². The van der Waals surface area contributed by atoms with Crippen LogP contribution in [0.25, 0.3) is 10.8 Å². The van der Waals surface area contributed by atoms with Gasteiger partial charge in [0.15, 0.2) is 0 Å². The van der Waals surface area contributed by atoms with Crippen LogP contribution in [0.2, 0.25) is 0 Å². The number of benzene rings is 1. The van der Waals surface area contributed by atoms with E-state index in [-0.39, 0.29) is 18.0 Å². The van der Waals surface area contributed by atoms with Crippen molar-refractivity contribution in [2.24, 2.45) is 0 Å². The Labute approximate surface area is 122 Å². The first-order valence-electron chi connectivity index (χ1n) is 6.63. The third-order valence-electron chi connectivity index (χ3n) is 3.60. The number of aromatic nitrogens is 1. The number of pyridine rings is 1. The third kappa shape index (κ3) is 2.91. The molecule has 0 radical (unpaired) electrons. The first kappa shape index (κ1) is 14.4. The number of fused-ring (bicyclic) bond motifs is 1. The summed E-state index contributed by atoms with van der Waals surface area (Å²) in [5.41, 5.74) is -1.13. The maximum absolute atomic E-state index is 12.5. The lowest BCUT2D eigenvalue weighted by molar-refractivity contribution is 0.0314. The molecule has 0 saturated carbocycles. The Hall–Kier alpha value is -1.54. The molecule has 1 atom stereocenters. The molecule has 112 valence electrons. The Morgan fingerprint density at radius 1 is 1.38 bits per heavy atom. The lowest BCUT2D eigenvalue weighted by Gasteiger charge is -2.20. The molecular weight excluding hydrogens is 292 g/mol. The largest absolute Gasteiger partial charge is 0.386 e. The van der Waals surface area contributed by atoms with Crippen molar-refractivity contribution < 1.29 is 18.3 Å². The highest BCUT2D eigenvalue weighted by molar-refractivity contribution is 7.89. The molecule has 7 heteroatoms. The van der Waals surface area contributed by atoms with Gasteiger partial charge in [0.25, 0.3) is 0 Å². The summed E-state index contributed by atoms with van der Waals surface area (Å²) in [7, 11) is -3.71. The first-order chi connectivity index (χ1) is 10.0. The lowest BCUT2D eigenvalue weighted by Crippen LogP contribution is -2.43. The summed E-state index contributed by atoms with van der Waals surface area (Å²) in [5, 5.41) is 11.5. The molecule has 1 saturated heterocycles. The van der Waals surface area contributed by atoms with Gasteiger partial charge in [0, 0.05) is 42.7 Å². The third-order valence-corrected chi connectivity index (χ3v) is 5.06. The van der Waals surface area contributed by atoms with E-state index in [2.05, 4.69) is 9.71 Å². The van der Waals surface area contributed by atoms with Crippen molar-refractivity contribution in [2.75, 3.05) is 19.8 Å². The normalized spacial score (nSPS) is 22.7. The van der Waals surface area contributed by atoms with Crippen LogP contribution in [0.3, 0.4) is 0 Å². The molecule has 2 heterocycles. The van der Waals surface area contributed by atoms with Crippen LogP contribution in [-0.2, 0) is 14.8 Å². The van der Waals surface area contributed by atoms with Gasteiger partial charge in [-0.25, -0.2) is 13.1 Å². The highest BCUT2D eigenvalue weighted by Crippen LogP contribution is 2.23. The zero-order valence-electron chi connectivity index (χ0n) is 11.3. The Balaban J connectivity index is 1.90. The average molecular weight is 308 g/mol. The maximum Gasteiger partial charge on any atom is 0.241 e. The molecule has 0 aliphatic carbocycles. The van der Waals surface area contributed by atoms with E-state index in [9.17, 15) is 13.5 Å². The van der Waals surface area contributed by atoms with Gasteiger partial charge in [-0.2, -0.15) is 0 Å². The minimum Gasteiger partial charge on any atom is -0.386 e. The van der Waals surface area contributed by atoms with Gasteiger partial charge in [-0.3, -0.25) is 4.98 Å². The van der Waals surface area contributed by atoms with E-state index in [4.69, 9.17) is 4.74 Å². The van der Waals surface area contributed by atoms with Gasteiger partial charge in [-0.05, 0) is 12.1 Å². The topological polar surface area (TPSA) is 88.5 Å². The summed E-state index contributed by atoms with van der Waals surface area (Å²) in [6, 6.07) is 6.68. The van der Waals surface area contributed by atoms with Crippen molar-refractivity contribution in [1.29, 1.82) is 0 Å². The van der Waals surface area contributed by atoms with Crippen molar-refractivity contribution in [2.45, 2.75) is 16.9 Å². The number of nitrogens with zero attached hydrogens (tertiary/aromatic N) is 1. The summed E-state index contributed by atoms with van der Waals surface area (Å²) in [6.07, 6.45) is 3.60. The van der Waals surface area contributed by atoms with Crippen LogP contribution in [0, 0.1) is 0 Å². The summed E-state index contributed by atoms with van der Waals surface area (Å²) in [6.45, 7) is 0.532. The molecule has 0 amide bonds. The van der Waals surface area contributed by atoms with Crippen LogP contribution >= 0.6 is 0 Å². The number of nitrogens with one attached hydrogen (secondary N) is 1. The second-order valence-corrected chi connectivity index (χ2v) is 6.94. The van der Waals surface area contributed by atoms with E-state index >= 15 is 0 Å². The molecule has 3 rings (SSSR count). The molecule has 1 aliphatic heterocycles. The number of ether oxygens (including phenoxy) is 1. The van der Waals surface area contributed by atoms with Crippen LogP contribution in [-0.4, -0.2) is 43.9 Å². The van der Waals surface area contributed by atoms with E-state index < -0.39 is 15.6 Å². The van der Waals surface area contributed by atoms with Gasteiger partial charge in [-0.15, -0.1) is 0 Å². The van der Waals surface area contributed by atoms with Crippen molar-refractivity contribution in [3.05, 3.63) is 36.7 Å². The Morgan fingerprint density at radius 2 is 2.24 bits per heavy atom. The predicted molar refractivity (Wildman–Crippen MR) is 77.3 cm³/mol. The predicted octanol–water partition coefficient (Wildman–Crippen LogP) is 0.664. The van der Waals surface area contributed by atoms with Crippen LogP contribution in [0.15, 0.2) is 41.6 Å². The number of hydrogen-bond acceptors (Lipinski definition) is 5. The molecule has 0 spiro atoms. The highest BCUT2D eigenvalue weighted by Gasteiger charge is 2.33. The molecular formula is C14H16N2O4S. The number of aliphatic hydroxyl groups is 1. The SMILES string of the molecule is O=S(=O)(NCC1(O)CCOC1)c1cccc2cnccc12. The Morgan fingerprint density at radius 3 is 3.00 bits per heavy atom. The van der Waals surface area contributed by atoms with E-state index in [1.54, 1.807) is 36.7 Å². The molecule has 21 heavy (non-hydrogen) atoms. The van der Waals surface area contributed by atoms with E-state index in [1.165, 1.54) is 0 Å². The standard InChI is InChI=1S/C14H16N2O4S/c17-14(5-7-20-10-14)9-16-21(18,19)13-3-1-2-11-8-15-6-4-12(11)13/h1-4,6,8,16-17H,5,7,9-10H2. The quantitative estimate of drug-likeness (QED) is 0.866. The maximum atomic E-state index is 12.5. The molecule has 1 aromatic heterocycles. The molecule has 6 nitrogen and oxygen atoms in total. The van der Waals surface area contributed by atoms with E-state index in [1.807, 2.05) is 0 Å². The van der Waals surface area contributed by atoms with Gasteiger partial charge in [-0.1, -0.05) is 12.1 Å². The monoisotopic (exact) mass is 308 g/mol. The molecule has 1 aliphatic rings. The van der Waals surface area contributed by atoms with Gasteiger partial charge < -0.3 is 9.84 Å². The molecule has 1 unspecified atom stereocenters. The summed E-state index contributed by atoms with van der Waals surface area (Å²) in [5.74, 6) is 0.